The summed E-state index contributed by atoms with van der Waals surface area (Å²) in [6.45, 7) is 12.3. The molecule has 0 radical (unpaired) electrons. The van der Waals surface area contributed by atoms with Crippen molar-refractivity contribution in [1.29, 1.82) is 0 Å². The normalized spacial score (nSPS) is 40.2. The third-order valence-electron chi connectivity index (χ3n) is 5.32. The van der Waals surface area contributed by atoms with Crippen molar-refractivity contribution in [2.45, 2.75) is 66.7 Å². The fourth-order valence-corrected chi connectivity index (χ4v) is 3.89. The monoisotopic (exact) mass is 206 g/mol. The molecule has 0 nitrogen and oxygen atoms in total. The lowest BCUT2D eigenvalue weighted by atomic mass is 9.54. The molecule has 15 heavy (non-hydrogen) atoms. The van der Waals surface area contributed by atoms with Gasteiger partial charge in [-0.25, -0.2) is 0 Å². The first kappa shape index (κ1) is 11.2. The fourth-order valence-electron chi connectivity index (χ4n) is 3.89. The van der Waals surface area contributed by atoms with Crippen LogP contribution in [0, 0.1) is 16.7 Å². The van der Waals surface area contributed by atoms with Gasteiger partial charge in [-0.05, 0) is 55.8 Å². The molecule has 0 amide bonds. The van der Waals surface area contributed by atoms with E-state index in [2.05, 4.69) is 34.6 Å². The lowest BCUT2D eigenvalue weighted by Crippen LogP contribution is -2.40. The zero-order valence-corrected chi connectivity index (χ0v) is 11.1. The third-order valence-corrected chi connectivity index (χ3v) is 5.32. The molecule has 2 rings (SSSR count). The topological polar surface area (TPSA) is 0 Å². The van der Waals surface area contributed by atoms with Crippen LogP contribution in [0.15, 0.2) is 11.1 Å². The first-order valence-corrected chi connectivity index (χ1v) is 6.57. The van der Waals surface area contributed by atoms with Crippen LogP contribution in [0.25, 0.3) is 0 Å². The van der Waals surface area contributed by atoms with Gasteiger partial charge in [0.25, 0.3) is 0 Å². The summed E-state index contributed by atoms with van der Waals surface area (Å²) < 4.78 is 0. The molecule has 2 atom stereocenters. The Kier molecular flexibility index (Phi) is 2.52. The van der Waals surface area contributed by atoms with Gasteiger partial charge in [0.1, 0.15) is 0 Å². The Labute approximate surface area is 95.1 Å². The molecule has 0 saturated heterocycles. The van der Waals surface area contributed by atoms with E-state index in [4.69, 9.17) is 0 Å². The molecule has 0 heteroatoms. The van der Waals surface area contributed by atoms with Crippen molar-refractivity contribution in [1.82, 2.24) is 0 Å². The summed E-state index contributed by atoms with van der Waals surface area (Å²) in [4.78, 5) is 0. The summed E-state index contributed by atoms with van der Waals surface area (Å²) >= 11 is 0. The van der Waals surface area contributed by atoms with Gasteiger partial charge in [-0.1, -0.05) is 38.8 Å². The second-order valence-electron chi connectivity index (χ2n) is 6.82. The Hall–Kier alpha value is -0.260. The van der Waals surface area contributed by atoms with E-state index in [0.717, 1.165) is 5.92 Å². The van der Waals surface area contributed by atoms with Crippen molar-refractivity contribution in [2.24, 2.45) is 16.7 Å². The van der Waals surface area contributed by atoms with Crippen molar-refractivity contribution >= 4 is 0 Å². The molecule has 0 heterocycles. The van der Waals surface area contributed by atoms with Gasteiger partial charge >= 0.3 is 0 Å². The van der Waals surface area contributed by atoms with Crippen LogP contribution in [0.2, 0.25) is 0 Å². The molecule has 0 N–H and O–H groups in total. The smallest absolute Gasteiger partial charge is 0.0111 e. The van der Waals surface area contributed by atoms with Crippen LogP contribution in [0.1, 0.15) is 66.7 Å². The number of hydrogen-bond acceptors (Lipinski definition) is 0. The van der Waals surface area contributed by atoms with Crippen LogP contribution in [0.3, 0.4) is 0 Å². The van der Waals surface area contributed by atoms with E-state index >= 15 is 0 Å². The maximum atomic E-state index is 2.51. The van der Waals surface area contributed by atoms with Gasteiger partial charge < -0.3 is 0 Å². The SMILES string of the molecule is CC1=C2C(C)C(C)(C)CCC2(C)CCC1. The molecule has 2 aliphatic carbocycles. The number of allylic oxidation sites excluding steroid dienone is 2. The number of fused-ring (bicyclic) bond motifs is 1. The summed E-state index contributed by atoms with van der Waals surface area (Å²) in [5.74, 6) is 0.788. The highest BCUT2D eigenvalue weighted by molar-refractivity contribution is 5.29. The second kappa shape index (κ2) is 3.37. The summed E-state index contributed by atoms with van der Waals surface area (Å²) in [6, 6.07) is 0. The van der Waals surface area contributed by atoms with Crippen LogP contribution in [-0.2, 0) is 0 Å². The maximum Gasteiger partial charge on any atom is -0.0111 e. The van der Waals surface area contributed by atoms with E-state index in [9.17, 15) is 0 Å². The van der Waals surface area contributed by atoms with Crippen molar-refractivity contribution in [3.63, 3.8) is 0 Å². The first-order valence-electron chi connectivity index (χ1n) is 6.57. The van der Waals surface area contributed by atoms with Gasteiger partial charge in [0.15, 0.2) is 0 Å². The predicted molar refractivity (Wildman–Crippen MR) is 66.8 cm³/mol. The Morgan fingerprint density at radius 1 is 1.07 bits per heavy atom. The number of hydrogen-bond donors (Lipinski definition) is 0. The quantitative estimate of drug-likeness (QED) is 0.492. The fraction of sp³-hybridized carbons (Fsp3) is 0.867. The van der Waals surface area contributed by atoms with Crippen LogP contribution < -0.4 is 0 Å². The van der Waals surface area contributed by atoms with Crippen LogP contribution in [0.5, 0.6) is 0 Å². The second-order valence-corrected chi connectivity index (χ2v) is 6.82. The predicted octanol–water partition coefficient (Wildman–Crippen LogP) is 4.95. The molecule has 0 spiro atoms. The molecule has 0 aromatic heterocycles. The van der Waals surface area contributed by atoms with Gasteiger partial charge in [0, 0.05) is 0 Å². The van der Waals surface area contributed by atoms with Gasteiger partial charge in [-0.2, -0.15) is 0 Å². The van der Waals surface area contributed by atoms with E-state index in [1.165, 1.54) is 32.1 Å². The molecular formula is C15H26. The summed E-state index contributed by atoms with van der Waals surface area (Å²) in [7, 11) is 0. The molecule has 2 aliphatic rings. The van der Waals surface area contributed by atoms with Gasteiger partial charge in [0.05, 0.1) is 0 Å². The first-order chi connectivity index (χ1) is 6.87. The molecule has 1 saturated carbocycles. The standard InChI is InChI=1S/C15H26/c1-11-7-6-8-15(5)10-9-14(3,4)12(2)13(11)15/h12H,6-10H2,1-5H3. The molecule has 0 aromatic carbocycles. The van der Waals surface area contributed by atoms with Crippen LogP contribution in [-0.4, -0.2) is 0 Å². The lowest BCUT2D eigenvalue weighted by Gasteiger charge is -2.51. The average molecular weight is 206 g/mol. The van der Waals surface area contributed by atoms with Crippen molar-refractivity contribution < 1.29 is 0 Å². The summed E-state index contributed by atoms with van der Waals surface area (Å²) in [5, 5.41) is 0. The molecule has 0 aliphatic heterocycles. The molecule has 0 aromatic rings. The van der Waals surface area contributed by atoms with E-state index in [1.54, 1.807) is 5.57 Å². The molecular weight excluding hydrogens is 180 g/mol. The van der Waals surface area contributed by atoms with Gasteiger partial charge in [0.2, 0.25) is 0 Å². The Morgan fingerprint density at radius 2 is 1.73 bits per heavy atom. The largest absolute Gasteiger partial charge is 0.0733 e. The zero-order valence-electron chi connectivity index (χ0n) is 11.1. The van der Waals surface area contributed by atoms with E-state index in [1.807, 2.05) is 5.57 Å². The van der Waals surface area contributed by atoms with Crippen LogP contribution in [0.4, 0.5) is 0 Å². The maximum absolute atomic E-state index is 2.51. The Bertz CT molecular complexity index is 295. The Morgan fingerprint density at radius 3 is 2.40 bits per heavy atom. The molecule has 0 bridgehead atoms. The highest BCUT2D eigenvalue weighted by Gasteiger charge is 2.45. The highest BCUT2D eigenvalue weighted by Crippen LogP contribution is 2.57. The van der Waals surface area contributed by atoms with Gasteiger partial charge in [-0.15, -0.1) is 0 Å². The third kappa shape index (κ3) is 1.66. The van der Waals surface area contributed by atoms with Crippen molar-refractivity contribution in [3.05, 3.63) is 11.1 Å². The minimum Gasteiger partial charge on any atom is -0.0733 e. The highest BCUT2D eigenvalue weighted by atomic mass is 14.5. The van der Waals surface area contributed by atoms with E-state index < -0.39 is 0 Å². The van der Waals surface area contributed by atoms with Crippen molar-refractivity contribution in [3.8, 4) is 0 Å². The van der Waals surface area contributed by atoms with E-state index in [0.29, 0.717) is 10.8 Å². The lowest BCUT2D eigenvalue weighted by molar-refractivity contribution is 0.108. The van der Waals surface area contributed by atoms with Gasteiger partial charge in [-0.3, -0.25) is 0 Å². The van der Waals surface area contributed by atoms with E-state index in [-0.39, 0.29) is 0 Å². The van der Waals surface area contributed by atoms with Crippen LogP contribution >= 0.6 is 0 Å². The zero-order chi connectivity index (χ0) is 11.3. The minimum absolute atomic E-state index is 0.521. The molecule has 1 fully saturated rings. The van der Waals surface area contributed by atoms with Crippen molar-refractivity contribution in [2.75, 3.05) is 0 Å². The summed E-state index contributed by atoms with van der Waals surface area (Å²) in [5.41, 5.74) is 4.61. The molecule has 86 valence electrons. The molecule has 2 unspecified atom stereocenters. The minimum atomic E-state index is 0.521. The number of rotatable bonds is 0. The Balaban J connectivity index is 2.43. The summed E-state index contributed by atoms with van der Waals surface area (Å²) in [6.07, 6.45) is 7.02. The average Bonchev–Trinajstić information content (AvgIpc) is 2.13.